The minimum absolute atomic E-state index is 0.802. The van der Waals surface area contributed by atoms with E-state index in [1.54, 1.807) is 0 Å². The Hall–Kier alpha value is 0.310. The Balaban J connectivity index is 2.07. The lowest BCUT2D eigenvalue weighted by molar-refractivity contribution is 0.375. The van der Waals surface area contributed by atoms with E-state index in [-0.39, 0.29) is 0 Å². The summed E-state index contributed by atoms with van der Waals surface area (Å²) in [6, 6.07) is 0.802. The van der Waals surface area contributed by atoms with E-state index < -0.39 is 0 Å². The summed E-state index contributed by atoms with van der Waals surface area (Å²) in [6.07, 6.45) is 1.37. The Kier molecular flexibility index (Phi) is 4.44. The number of nitrogens with one attached hydrogen (secondary N) is 1. The van der Waals surface area contributed by atoms with Crippen molar-refractivity contribution in [3.05, 3.63) is 0 Å². The largest absolute Gasteiger partial charge is 0.313 e. The molecule has 1 saturated heterocycles. The van der Waals surface area contributed by atoms with Crippen molar-refractivity contribution in [2.45, 2.75) is 33.2 Å². The lowest BCUT2D eigenvalue weighted by atomic mass is 9.98. The molecule has 1 aliphatic rings. The second-order valence-electron chi connectivity index (χ2n) is 4.19. The SMILES string of the molecule is CC(C)C(C)CNC1CCSC1. The molecule has 1 N–H and O–H groups in total. The van der Waals surface area contributed by atoms with Gasteiger partial charge in [-0.3, -0.25) is 0 Å². The van der Waals surface area contributed by atoms with Crippen LogP contribution in [-0.2, 0) is 0 Å². The zero-order chi connectivity index (χ0) is 8.97. The fourth-order valence-corrected chi connectivity index (χ4v) is 2.47. The number of rotatable bonds is 4. The molecule has 0 spiro atoms. The summed E-state index contributed by atoms with van der Waals surface area (Å²) in [4.78, 5) is 0. The van der Waals surface area contributed by atoms with Gasteiger partial charge in [0.05, 0.1) is 0 Å². The molecule has 72 valence electrons. The van der Waals surface area contributed by atoms with Crippen LogP contribution in [0.25, 0.3) is 0 Å². The van der Waals surface area contributed by atoms with Crippen LogP contribution >= 0.6 is 11.8 Å². The molecular weight excluding hydrogens is 166 g/mol. The standard InChI is InChI=1S/C10H21NS/c1-8(2)9(3)6-11-10-4-5-12-7-10/h8-11H,4-7H2,1-3H3. The average Bonchev–Trinajstić information content (AvgIpc) is 2.51. The smallest absolute Gasteiger partial charge is 0.0166 e. The predicted molar refractivity (Wildman–Crippen MR) is 57.7 cm³/mol. The Labute approximate surface area is 80.7 Å². The minimum atomic E-state index is 0.802. The Morgan fingerprint density at radius 2 is 2.17 bits per heavy atom. The molecule has 0 aliphatic carbocycles. The molecule has 2 heteroatoms. The van der Waals surface area contributed by atoms with E-state index >= 15 is 0 Å². The summed E-state index contributed by atoms with van der Waals surface area (Å²) in [5.41, 5.74) is 0. The minimum Gasteiger partial charge on any atom is -0.313 e. The maximum Gasteiger partial charge on any atom is 0.0166 e. The Morgan fingerprint density at radius 1 is 1.42 bits per heavy atom. The fourth-order valence-electron chi connectivity index (χ4n) is 1.28. The van der Waals surface area contributed by atoms with Gasteiger partial charge in [0.1, 0.15) is 0 Å². The van der Waals surface area contributed by atoms with Crippen LogP contribution in [0, 0.1) is 11.8 Å². The number of hydrogen-bond donors (Lipinski definition) is 1. The molecule has 1 rings (SSSR count). The molecule has 0 aromatic heterocycles. The zero-order valence-electron chi connectivity index (χ0n) is 8.47. The maximum atomic E-state index is 3.64. The predicted octanol–water partition coefficient (Wildman–Crippen LogP) is 2.37. The zero-order valence-corrected chi connectivity index (χ0v) is 9.29. The van der Waals surface area contributed by atoms with Crippen molar-refractivity contribution < 1.29 is 0 Å². The van der Waals surface area contributed by atoms with Crippen molar-refractivity contribution in [3.63, 3.8) is 0 Å². The number of thioether (sulfide) groups is 1. The Morgan fingerprint density at radius 3 is 2.67 bits per heavy atom. The molecule has 2 atom stereocenters. The van der Waals surface area contributed by atoms with Crippen LogP contribution in [0.5, 0.6) is 0 Å². The quantitative estimate of drug-likeness (QED) is 0.725. The first-order valence-corrected chi connectivity index (χ1v) is 6.16. The molecule has 1 nitrogen and oxygen atoms in total. The molecule has 0 amide bonds. The van der Waals surface area contributed by atoms with Crippen LogP contribution < -0.4 is 5.32 Å². The highest BCUT2D eigenvalue weighted by molar-refractivity contribution is 7.99. The van der Waals surface area contributed by atoms with Crippen molar-refractivity contribution in [3.8, 4) is 0 Å². The van der Waals surface area contributed by atoms with Gasteiger partial charge in [0, 0.05) is 11.8 Å². The highest BCUT2D eigenvalue weighted by Crippen LogP contribution is 2.17. The molecular formula is C10H21NS. The highest BCUT2D eigenvalue weighted by atomic mass is 32.2. The van der Waals surface area contributed by atoms with Gasteiger partial charge in [-0.1, -0.05) is 20.8 Å². The van der Waals surface area contributed by atoms with Gasteiger partial charge in [-0.15, -0.1) is 0 Å². The maximum absolute atomic E-state index is 3.64. The third-order valence-electron chi connectivity index (χ3n) is 2.80. The van der Waals surface area contributed by atoms with E-state index in [0.29, 0.717) is 0 Å². The first-order chi connectivity index (χ1) is 5.70. The van der Waals surface area contributed by atoms with Gasteiger partial charge in [-0.05, 0) is 30.6 Å². The van der Waals surface area contributed by atoms with E-state index in [0.717, 1.165) is 17.9 Å². The highest BCUT2D eigenvalue weighted by Gasteiger charge is 2.16. The topological polar surface area (TPSA) is 12.0 Å². The van der Waals surface area contributed by atoms with Gasteiger partial charge in [0.2, 0.25) is 0 Å². The summed E-state index contributed by atoms with van der Waals surface area (Å²) in [7, 11) is 0. The molecule has 0 bridgehead atoms. The lowest BCUT2D eigenvalue weighted by Crippen LogP contribution is -2.33. The Bertz CT molecular complexity index is 117. The van der Waals surface area contributed by atoms with E-state index in [4.69, 9.17) is 0 Å². The third-order valence-corrected chi connectivity index (χ3v) is 3.96. The van der Waals surface area contributed by atoms with Crippen molar-refractivity contribution in [2.75, 3.05) is 18.1 Å². The van der Waals surface area contributed by atoms with E-state index in [2.05, 4.69) is 37.8 Å². The molecule has 0 radical (unpaired) electrons. The van der Waals surface area contributed by atoms with E-state index in [1.807, 2.05) is 0 Å². The summed E-state index contributed by atoms with van der Waals surface area (Å²) >= 11 is 2.08. The van der Waals surface area contributed by atoms with Gasteiger partial charge >= 0.3 is 0 Å². The molecule has 1 aliphatic heterocycles. The molecule has 0 aromatic carbocycles. The molecule has 0 aromatic rings. The van der Waals surface area contributed by atoms with Crippen LogP contribution in [0.1, 0.15) is 27.2 Å². The monoisotopic (exact) mass is 187 g/mol. The summed E-state index contributed by atoms with van der Waals surface area (Å²) in [6.45, 7) is 8.13. The van der Waals surface area contributed by atoms with Crippen LogP contribution in [0.15, 0.2) is 0 Å². The van der Waals surface area contributed by atoms with E-state index in [9.17, 15) is 0 Å². The van der Waals surface area contributed by atoms with Crippen molar-refractivity contribution >= 4 is 11.8 Å². The van der Waals surface area contributed by atoms with Crippen molar-refractivity contribution in [1.82, 2.24) is 5.32 Å². The first kappa shape index (κ1) is 10.4. The molecule has 12 heavy (non-hydrogen) atoms. The second kappa shape index (κ2) is 5.13. The average molecular weight is 187 g/mol. The van der Waals surface area contributed by atoms with Gasteiger partial charge in [0.25, 0.3) is 0 Å². The van der Waals surface area contributed by atoms with Gasteiger partial charge in [-0.25, -0.2) is 0 Å². The lowest BCUT2D eigenvalue weighted by Gasteiger charge is -2.19. The summed E-state index contributed by atoms with van der Waals surface area (Å²) < 4.78 is 0. The third kappa shape index (κ3) is 3.36. The summed E-state index contributed by atoms with van der Waals surface area (Å²) in [5, 5.41) is 3.64. The van der Waals surface area contributed by atoms with Crippen LogP contribution in [-0.4, -0.2) is 24.1 Å². The van der Waals surface area contributed by atoms with Crippen molar-refractivity contribution in [2.24, 2.45) is 11.8 Å². The van der Waals surface area contributed by atoms with Gasteiger partial charge < -0.3 is 5.32 Å². The molecule has 1 fully saturated rings. The summed E-state index contributed by atoms with van der Waals surface area (Å²) in [5.74, 6) is 4.31. The number of hydrogen-bond acceptors (Lipinski definition) is 2. The van der Waals surface area contributed by atoms with Crippen LogP contribution in [0.3, 0.4) is 0 Å². The first-order valence-electron chi connectivity index (χ1n) is 5.01. The molecule has 0 saturated carbocycles. The van der Waals surface area contributed by atoms with Crippen LogP contribution in [0.2, 0.25) is 0 Å². The van der Waals surface area contributed by atoms with E-state index in [1.165, 1.54) is 24.5 Å². The van der Waals surface area contributed by atoms with Gasteiger partial charge in [0.15, 0.2) is 0 Å². The second-order valence-corrected chi connectivity index (χ2v) is 5.34. The fraction of sp³-hybridized carbons (Fsp3) is 1.00. The van der Waals surface area contributed by atoms with Gasteiger partial charge in [-0.2, -0.15) is 11.8 Å². The normalized spacial score (nSPS) is 26.5. The van der Waals surface area contributed by atoms with Crippen LogP contribution in [0.4, 0.5) is 0 Å². The van der Waals surface area contributed by atoms with Crippen molar-refractivity contribution in [1.29, 1.82) is 0 Å². The molecule has 2 unspecified atom stereocenters. The molecule has 1 heterocycles.